The van der Waals surface area contributed by atoms with Crippen molar-refractivity contribution in [2.75, 3.05) is 19.2 Å². The maximum atomic E-state index is 14.3. The van der Waals surface area contributed by atoms with Crippen LogP contribution in [-0.4, -0.2) is 56.1 Å². The number of carbonyl (C=O) groups is 2. The van der Waals surface area contributed by atoms with Gasteiger partial charge in [0.25, 0.3) is 0 Å². The lowest BCUT2D eigenvalue weighted by molar-refractivity contribution is -0.147. The van der Waals surface area contributed by atoms with Gasteiger partial charge in [-0.3, -0.25) is 9.59 Å². The van der Waals surface area contributed by atoms with E-state index in [4.69, 9.17) is 19.2 Å². The summed E-state index contributed by atoms with van der Waals surface area (Å²) >= 11 is 1.46. The molecule has 1 saturated carbocycles. The minimum absolute atomic E-state index is 0.0592. The van der Waals surface area contributed by atoms with Gasteiger partial charge in [0.2, 0.25) is 18.6 Å². The van der Waals surface area contributed by atoms with Gasteiger partial charge < -0.3 is 24.4 Å². The van der Waals surface area contributed by atoms with E-state index < -0.39 is 5.54 Å². The van der Waals surface area contributed by atoms with Crippen molar-refractivity contribution in [2.45, 2.75) is 44.3 Å². The number of ether oxygens (including phenoxy) is 3. The van der Waals surface area contributed by atoms with Crippen molar-refractivity contribution >= 4 is 39.9 Å². The minimum atomic E-state index is -1.07. The summed E-state index contributed by atoms with van der Waals surface area (Å²) < 4.78 is 17.8. The van der Waals surface area contributed by atoms with Crippen LogP contribution in [0.1, 0.15) is 30.7 Å². The maximum Gasteiger partial charge on any atom is 0.250 e. The molecule has 224 valence electrons. The normalized spacial score (nSPS) is 14.9. The number of carbonyl (C=O) groups excluding carboxylic acids is 2. The van der Waals surface area contributed by atoms with E-state index >= 15 is 0 Å². The fraction of sp³-hybridized carbons (Fsp3) is 0.281. The fourth-order valence-electron chi connectivity index (χ4n) is 5.94. The van der Waals surface area contributed by atoms with Gasteiger partial charge >= 0.3 is 0 Å². The third kappa shape index (κ3) is 5.21. The molecule has 0 spiro atoms. The third-order valence-electron chi connectivity index (χ3n) is 8.24. The van der Waals surface area contributed by atoms with E-state index in [1.54, 1.807) is 34.9 Å². The Labute approximate surface area is 257 Å². The van der Waals surface area contributed by atoms with Crippen LogP contribution in [0, 0.1) is 0 Å². The molecule has 0 saturated heterocycles. The van der Waals surface area contributed by atoms with Crippen LogP contribution in [0.4, 0.5) is 5.69 Å². The smallest absolute Gasteiger partial charge is 0.250 e. The molecule has 0 bridgehead atoms. The van der Waals surface area contributed by atoms with Crippen LogP contribution in [0.3, 0.4) is 0 Å². The number of nitrogens with zero attached hydrogens (tertiary/aromatic N) is 5. The molecule has 3 heterocycles. The summed E-state index contributed by atoms with van der Waals surface area (Å²) in [6.45, 7) is 0.263. The van der Waals surface area contributed by atoms with Crippen molar-refractivity contribution in [3.63, 3.8) is 0 Å². The molecule has 2 aliphatic rings. The van der Waals surface area contributed by atoms with Gasteiger partial charge in [-0.1, -0.05) is 30.2 Å². The average molecular weight is 611 g/mol. The number of para-hydroxylation sites is 1. The summed E-state index contributed by atoms with van der Waals surface area (Å²) in [6, 6.07) is 20.5. The predicted octanol–water partition coefficient (Wildman–Crippen LogP) is 5.27. The second kappa shape index (κ2) is 11.6. The van der Waals surface area contributed by atoms with Gasteiger partial charge in [0.1, 0.15) is 28.4 Å². The van der Waals surface area contributed by atoms with Crippen molar-refractivity contribution < 1.29 is 23.8 Å². The van der Waals surface area contributed by atoms with Gasteiger partial charge in [-0.2, -0.15) is 0 Å². The maximum absolute atomic E-state index is 14.3. The summed E-state index contributed by atoms with van der Waals surface area (Å²) in [5.41, 5.74) is 2.70. The molecule has 1 aliphatic carbocycles. The van der Waals surface area contributed by atoms with E-state index in [9.17, 15) is 9.59 Å². The monoisotopic (exact) mass is 610 g/mol. The lowest BCUT2D eigenvalue weighted by Crippen LogP contribution is -2.57. The third-order valence-corrected chi connectivity index (χ3v) is 9.07. The highest BCUT2D eigenvalue weighted by Gasteiger charge is 2.48. The Balaban J connectivity index is 1.21. The van der Waals surface area contributed by atoms with Crippen LogP contribution in [0.15, 0.2) is 72.1 Å². The molecule has 3 aromatic carbocycles. The Morgan fingerprint density at radius 1 is 1.05 bits per heavy atom. The quantitative estimate of drug-likeness (QED) is 0.240. The summed E-state index contributed by atoms with van der Waals surface area (Å²) in [4.78, 5) is 35.1. The molecular formula is C32H30N6O5S. The zero-order chi connectivity index (χ0) is 30.1. The zero-order valence-electron chi connectivity index (χ0n) is 24.1. The first-order chi connectivity index (χ1) is 21.5. The Hall–Kier alpha value is -4.97. The molecule has 2 aromatic heterocycles. The number of amides is 2. The summed E-state index contributed by atoms with van der Waals surface area (Å²) in [6.07, 6.45) is 2.70. The molecule has 44 heavy (non-hydrogen) atoms. The molecule has 0 atom stereocenters. The average Bonchev–Trinajstić information content (AvgIpc) is 3.87. The lowest BCUT2D eigenvalue weighted by atomic mass is 9.93. The number of methoxy groups -OCH3 is 1. The van der Waals surface area contributed by atoms with Crippen molar-refractivity contribution in [3.05, 3.63) is 77.1 Å². The van der Waals surface area contributed by atoms with E-state index in [2.05, 4.69) is 15.6 Å². The van der Waals surface area contributed by atoms with Crippen molar-refractivity contribution in [2.24, 2.45) is 0 Å². The topological polar surface area (TPSA) is 121 Å². The van der Waals surface area contributed by atoms with Crippen LogP contribution < -0.4 is 19.5 Å². The molecule has 0 radical (unpaired) electrons. The first kappa shape index (κ1) is 27.8. The van der Waals surface area contributed by atoms with E-state index in [0.29, 0.717) is 35.5 Å². The Morgan fingerprint density at radius 3 is 2.66 bits per heavy atom. The molecule has 1 fully saturated rings. The first-order valence-corrected chi connectivity index (χ1v) is 15.3. The number of fused-ring (bicyclic) bond motifs is 2. The minimum Gasteiger partial charge on any atom is -0.497 e. The van der Waals surface area contributed by atoms with E-state index in [0.717, 1.165) is 40.4 Å². The van der Waals surface area contributed by atoms with Crippen LogP contribution in [0.2, 0.25) is 0 Å². The molecule has 1 aliphatic heterocycles. The predicted molar refractivity (Wildman–Crippen MR) is 165 cm³/mol. The van der Waals surface area contributed by atoms with Crippen molar-refractivity contribution in [3.8, 4) is 28.5 Å². The van der Waals surface area contributed by atoms with E-state index in [1.165, 1.54) is 11.3 Å². The van der Waals surface area contributed by atoms with Gasteiger partial charge in [-0.25, -0.2) is 9.67 Å². The van der Waals surface area contributed by atoms with Crippen LogP contribution >= 0.6 is 11.3 Å². The molecule has 1 N–H and O–H groups in total. The highest BCUT2D eigenvalue weighted by Crippen LogP contribution is 2.40. The summed E-state index contributed by atoms with van der Waals surface area (Å²) in [7, 11) is 1.63. The molecule has 5 aromatic rings. The standard InChI is InChI=1S/C32H30N6O5S/c1-41-23-11-8-21(9-12-23)25-19-44-29(34-25)17-37(30(39)18-38-26-7-3-2-6-24(26)35-36-38)32(14-4-5-15-32)31(40)33-22-10-13-27-28(16-22)43-20-42-27/h2-3,6-13,16,19H,4-5,14-15,17-18,20H2,1H3,(H,33,40). The largest absolute Gasteiger partial charge is 0.497 e. The van der Waals surface area contributed by atoms with E-state index in [1.807, 2.05) is 53.9 Å². The summed E-state index contributed by atoms with van der Waals surface area (Å²) in [5.74, 6) is 1.50. The Kier molecular flexibility index (Phi) is 7.34. The lowest BCUT2D eigenvalue weighted by Gasteiger charge is -2.39. The molecule has 7 rings (SSSR count). The molecule has 12 heteroatoms. The number of anilines is 1. The first-order valence-electron chi connectivity index (χ1n) is 14.4. The highest BCUT2D eigenvalue weighted by atomic mass is 32.1. The SMILES string of the molecule is COc1ccc(-c2csc(CN(C(=O)Cn3nnc4ccccc43)C3(C(=O)Nc4ccc5c(c4)OCO5)CCCC3)n2)cc1. The highest BCUT2D eigenvalue weighted by molar-refractivity contribution is 7.09. The number of benzene rings is 3. The van der Waals surface area contributed by atoms with Crippen LogP contribution in [0.25, 0.3) is 22.3 Å². The van der Waals surface area contributed by atoms with Crippen molar-refractivity contribution in [1.29, 1.82) is 0 Å². The second-order valence-electron chi connectivity index (χ2n) is 10.8. The second-order valence-corrected chi connectivity index (χ2v) is 11.8. The van der Waals surface area contributed by atoms with Crippen LogP contribution in [0.5, 0.6) is 17.2 Å². The zero-order valence-corrected chi connectivity index (χ0v) is 24.9. The number of hydrogen-bond donors (Lipinski definition) is 1. The number of aromatic nitrogens is 4. The van der Waals surface area contributed by atoms with Gasteiger partial charge in [-0.05, 0) is 61.4 Å². The number of hydrogen-bond acceptors (Lipinski definition) is 9. The molecule has 0 unspecified atom stereocenters. The van der Waals surface area contributed by atoms with Gasteiger partial charge in [0.05, 0.1) is 24.9 Å². The van der Waals surface area contributed by atoms with Crippen molar-refractivity contribution in [1.82, 2.24) is 24.9 Å². The number of thiazole rings is 1. The van der Waals surface area contributed by atoms with Gasteiger partial charge in [0, 0.05) is 22.7 Å². The number of rotatable bonds is 9. The van der Waals surface area contributed by atoms with E-state index in [-0.39, 0.29) is 31.7 Å². The van der Waals surface area contributed by atoms with Gasteiger partial charge in [0.15, 0.2) is 11.5 Å². The molecular weight excluding hydrogens is 580 g/mol. The Morgan fingerprint density at radius 2 is 1.84 bits per heavy atom. The Bertz CT molecular complexity index is 1830. The molecule has 2 amide bonds. The summed E-state index contributed by atoms with van der Waals surface area (Å²) in [5, 5.41) is 14.2. The number of nitrogens with one attached hydrogen (secondary N) is 1. The van der Waals surface area contributed by atoms with Gasteiger partial charge in [-0.15, -0.1) is 16.4 Å². The fourth-order valence-corrected chi connectivity index (χ4v) is 6.73. The van der Waals surface area contributed by atoms with Crippen LogP contribution in [-0.2, 0) is 22.7 Å². The molecule has 11 nitrogen and oxygen atoms in total.